The molecule has 4 rings (SSSR count). The minimum absolute atomic E-state index is 0.101. The molecule has 0 heterocycles. The maximum absolute atomic E-state index is 13.0. The summed E-state index contributed by atoms with van der Waals surface area (Å²) in [5.74, 6) is -2.29. The van der Waals surface area contributed by atoms with Crippen molar-refractivity contribution >= 4 is 116 Å². The molecule has 2 amide bonds. The lowest BCUT2D eigenvalue weighted by Gasteiger charge is -2.11. The van der Waals surface area contributed by atoms with E-state index in [2.05, 4.69) is 10.6 Å². The van der Waals surface area contributed by atoms with Crippen LogP contribution < -0.4 is 10.6 Å². The fraction of sp³-hybridized carbons (Fsp3) is 0.130. The van der Waals surface area contributed by atoms with Gasteiger partial charge in [0.2, 0.25) is 5.91 Å². The van der Waals surface area contributed by atoms with E-state index in [9.17, 15) is 9.59 Å². The molecule has 0 unspecified atom stereocenters. The largest absolute Gasteiger partial charge is 0.326 e. The van der Waals surface area contributed by atoms with Crippen LogP contribution in [0.2, 0.25) is 30.1 Å². The molecule has 1 saturated carbocycles. The first-order valence-electron chi connectivity index (χ1n) is 9.78. The molecule has 182 valence electrons. The third kappa shape index (κ3) is 5.76. The van der Waals surface area contributed by atoms with Gasteiger partial charge in [0.25, 0.3) is 5.91 Å². The number of hydrogen-bond donors (Lipinski definition) is 2. The Morgan fingerprint density at radius 3 is 1.91 bits per heavy atom. The van der Waals surface area contributed by atoms with E-state index in [4.69, 9.17) is 92.8 Å². The van der Waals surface area contributed by atoms with Crippen molar-refractivity contribution in [2.75, 3.05) is 10.6 Å². The Hall–Kier alpha value is -1.08. The summed E-state index contributed by atoms with van der Waals surface area (Å²) in [6.45, 7) is 0. The third-order valence-corrected chi connectivity index (χ3v) is 8.20. The second-order valence-electron chi connectivity index (χ2n) is 7.72. The average molecular weight is 632 g/mol. The maximum Gasteiger partial charge on any atom is 0.257 e. The van der Waals surface area contributed by atoms with Crippen LogP contribution in [0.5, 0.6) is 0 Å². The van der Waals surface area contributed by atoms with Crippen LogP contribution in [-0.2, 0) is 4.79 Å². The Balaban J connectivity index is 1.52. The molecule has 3 aromatic rings. The van der Waals surface area contributed by atoms with Gasteiger partial charge < -0.3 is 10.6 Å². The molecule has 3 aromatic carbocycles. The molecular weight excluding hydrogens is 620 g/mol. The number of amides is 2. The van der Waals surface area contributed by atoms with Gasteiger partial charge in [0.15, 0.2) is 0 Å². The molecule has 2 N–H and O–H groups in total. The number of nitrogens with one attached hydrogen (secondary N) is 2. The van der Waals surface area contributed by atoms with Crippen LogP contribution in [0.1, 0.15) is 21.8 Å². The molecule has 0 radical (unpaired) electrons. The van der Waals surface area contributed by atoms with E-state index < -0.39 is 28.0 Å². The molecule has 4 nitrogen and oxygen atoms in total. The Labute approximate surface area is 240 Å². The van der Waals surface area contributed by atoms with Crippen molar-refractivity contribution in [2.45, 2.75) is 10.3 Å². The van der Waals surface area contributed by atoms with Crippen LogP contribution in [0, 0.1) is 5.92 Å². The summed E-state index contributed by atoms with van der Waals surface area (Å²) >= 11 is 49.2. The van der Waals surface area contributed by atoms with Crippen molar-refractivity contribution in [3.8, 4) is 0 Å². The Kier molecular flexibility index (Phi) is 7.98. The molecule has 0 spiro atoms. The van der Waals surface area contributed by atoms with E-state index in [0.29, 0.717) is 27.0 Å². The summed E-state index contributed by atoms with van der Waals surface area (Å²) in [6, 6.07) is 12.2. The van der Waals surface area contributed by atoms with Crippen molar-refractivity contribution < 1.29 is 9.59 Å². The third-order valence-electron chi connectivity index (χ3n) is 5.30. The SMILES string of the molecule is O=C(Nc1cc(Cl)c(Cl)c(Cl)c1)c1cc(NC(=O)[C@@H]2[C@@H](c3cc(Cl)cc(Cl)c3)C2(Cl)Cl)ccc1Cl. The van der Waals surface area contributed by atoms with Crippen molar-refractivity contribution in [3.63, 3.8) is 0 Å². The minimum atomic E-state index is -1.35. The maximum atomic E-state index is 13.0. The summed E-state index contributed by atoms with van der Waals surface area (Å²) in [7, 11) is 0. The lowest BCUT2D eigenvalue weighted by molar-refractivity contribution is -0.117. The van der Waals surface area contributed by atoms with E-state index in [1.807, 2.05) is 0 Å². The number of alkyl halides is 2. The van der Waals surface area contributed by atoms with Gasteiger partial charge in [-0.3, -0.25) is 9.59 Å². The highest BCUT2D eigenvalue weighted by molar-refractivity contribution is 6.53. The molecule has 0 aromatic heterocycles. The summed E-state index contributed by atoms with van der Waals surface area (Å²) < 4.78 is -1.35. The number of carbonyl (C=O) groups is 2. The second kappa shape index (κ2) is 10.4. The van der Waals surface area contributed by atoms with Crippen LogP contribution >= 0.6 is 92.8 Å². The average Bonchev–Trinajstić information content (AvgIpc) is 3.34. The fourth-order valence-corrected chi connectivity index (χ4v) is 5.82. The number of benzene rings is 3. The van der Waals surface area contributed by atoms with E-state index in [0.717, 1.165) is 0 Å². The first kappa shape index (κ1) is 27.0. The molecule has 0 aliphatic heterocycles. The summed E-state index contributed by atoms with van der Waals surface area (Å²) in [4.78, 5) is 25.8. The van der Waals surface area contributed by atoms with E-state index in [1.165, 1.54) is 24.3 Å². The minimum Gasteiger partial charge on any atom is -0.326 e. The van der Waals surface area contributed by atoms with Gasteiger partial charge in [0.05, 0.1) is 31.6 Å². The van der Waals surface area contributed by atoms with E-state index >= 15 is 0 Å². The number of carbonyl (C=O) groups excluding carboxylic acids is 2. The van der Waals surface area contributed by atoms with Gasteiger partial charge in [-0.1, -0.05) is 69.6 Å². The smallest absolute Gasteiger partial charge is 0.257 e. The van der Waals surface area contributed by atoms with Gasteiger partial charge in [-0.2, -0.15) is 0 Å². The molecule has 1 aliphatic carbocycles. The molecular formula is C23H12Cl8N2O2. The summed E-state index contributed by atoms with van der Waals surface area (Å²) in [6.07, 6.45) is 0. The predicted molar refractivity (Wildman–Crippen MR) is 147 cm³/mol. The highest BCUT2D eigenvalue weighted by Gasteiger charge is 2.67. The topological polar surface area (TPSA) is 58.2 Å². The zero-order valence-electron chi connectivity index (χ0n) is 17.1. The quantitative estimate of drug-likeness (QED) is 0.218. The standard InChI is InChI=1S/C23H12Cl8N2O2/c24-10-3-9(4-11(25)5-10)18-19(23(18,30)31)22(35)32-12-1-2-15(26)14(6-12)21(34)33-13-7-16(27)20(29)17(28)8-13/h1-8,18-19H,(H,32,35)(H,33,34)/t18-,19+/m1/s1. The van der Waals surface area contributed by atoms with E-state index in [1.54, 1.807) is 24.3 Å². The van der Waals surface area contributed by atoms with Gasteiger partial charge in [0, 0.05) is 27.3 Å². The summed E-state index contributed by atoms with van der Waals surface area (Å²) in [5.41, 5.74) is 1.37. The van der Waals surface area contributed by atoms with Crippen LogP contribution in [0.3, 0.4) is 0 Å². The van der Waals surface area contributed by atoms with Crippen molar-refractivity contribution in [3.05, 3.63) is 89.8 Å². The van der Waals surface area contributed by atoms with Gasteiger partial charge in [-0.25, -0.2) is 0 Å². The van der Waals surface area contributed by atoms with Crippen molar-refractivity contribution in [1.29, 1.82) is 0 Å². The van der Waals surface area contributed by atoms with Crippen molar-refractivity contribution in [1.82, 2.24) is 0 Å². The normalized spacial score (nSPS) is 18.2. The van der Waals surface area contributed by atoms with Gasteiger partial charge in [-0.15, -0.1) is 23.2 Å². The molecule has 0 bridgehead atoms. The first-order valence-corrected chi connectivity index (χ1v) is 12.8. The Morgan fingerprint density at radius 1 is 0.714 bits per heavy atom. The molecule has 35 heavy (non-hydrogen) atoms. The van der Waals surface area contributed by atoms with Crippen molar-refractivity contribution in [2.24, 2.45) is 5.92 Å². The predicted octanol–water partition coefficient (Wildman–Crippen LogP) is 9.39. The van der Waals surface area contributed by atoms with Gasteiger partial charge in [0.1, 0.15) is 4.33 Å². The number of hydrogen-bond acceptors (Lipinski definition) is 2. The highest BCUT2D eigenvalue weighted by Crippen LogP contribution is 2.65. The number of halogens is 8. The molecule has 1 fully saturated rings. The van der Waals surface area contributed by atoms with Crippen LogP contribution in [0.15, 0.2) is 48.5 Å². The Morgan fingerprint density at radius 2 is 1.31 bits per heavy atom. The van der Waals surface area contributed by atoms with E-state index in [-0.39, 0.29) is 25.7 Å². The second-order valence-corrected chi connectivity index (χ2v) is 11.6. The lowest BCUT2D eigenvalue weighted by atomic mass is 10.1. The summed E-state index contributed by atoms with van der Waals surface area (Å²) in [5, 5.41) is 6.85. The zero-order valence-corrected chi connectivity index (χ0v) is 23.2. The van der Waals surface area contributed by atoms with Crippen LogP contribution in [-0.4, -0.2) is 16.1 Å². The highest BCUT2D eigenvalue weighted by atomic mass is 35.5. The number of anilines is 2. The molecule has 0 saturated heterocycles. The van der Waals surface area contributed by atoms with Crippen LogP contribution in [0.25, 0.3) is 0 Å². The van der Waals surface area contributed by atoms with Crippen LogP contribution in [0.4, 0.5) is 11.4 Å². The first-order chi connectivity index (χ1) is 16.4. The number of rotatable bonds is 5. The fourth-order valence-electron chi connectivity index (χ4n) is 3.65. The van der Waals surface area contributed by atoms with Gasteiger partial charge in [-0.05, 0) is 54.1 Å². The zero-order chi connectivity index (χ0) is 25.7. The molecule has 2 atom stereocenters. The monoisotopic (exact) mass is 628 g/mol. The lowest BCUT2D eigenvalue weighted by Crippen LogP contribution is -2.18. The molecule has 1 aliphatic rings. The molecule has 12 heteroatoms. The Bertz CT molecular complexity index is 1320. The van der Waals surface area contributed by atoms with Gasteiger partial charge >= 0.3 is 0 Å².